The van der Waals surface area contributed by atoms with Gasteiger partial charge in [0.05, 0.1) is 28.1 Å². The Bertz CT molecular complexity index is 3320. The highest BCUT2D eigenvalue weighted by Gasteiger charge is 2.22. The summed E-state index contributed by atoms with van der Waals surface area (Å²) in [4.78, 5) is 26.1. The molecule has 0 amide bonds. The molecular weight excluding hydrogens is 769 g/mol. The maximum absolute atomic E-state index is 5.29. The number of aromatic nitrogens is 6. The number of nitrogens with zero attached hydrogens (tertiary/aromatic N) is 6. The van der Waals surface area contributed by atoms with E-state index in [-0.39, 0.29) is 0 Å². The molecular formula is C57H40N6. The van der Waals surface area contributed by atoms with Crippen LogP contribution in [0.1, 0.15) is 11.1 Å². The van der Waals surface area contributed by atoms with Crippen molar-refractivity contribution in [2.24, 2.45) is 0 Å². The van der Waals surface area contributed by atoms with E-state index < -0.39 is 0 Å². The number of hydrogen-bond donors (Lipinski definition) is 0. The van der Waals surface area contributed by atoms with Crippen LogP contribution in [0.2, 0.25) is 0 Å². The summed E-state index contributed by atoms with van der Waals surface area (Å²) in [6, 6.07) is 71.5. The van der Waals surface area contributed by atoms with Gasteiger partial charge >= 0.3 is 0 Å². The smallest absolute Gasteiger partial charge is 0.166 e. The van der Waals surface area contributed by atoms with E-state index in [1.165, 1.54) is 22.3 Å². The zero-order valence-corrected chi connectivity index (χ0v) is 34.8. The van der Waals surface area contributed by atoms with Gasteiger partial charge in [-0.25, -0.2) is 24.9 Å². The predicted octanol–water partition coefficient (Wildman–Crippen LogP) is 14.0. The Morgan fingerprint density at radius 1 is 0.302 bits per heavy atom. The number of aryl methyl sites for hydroxylation is 2. The van der Waals surface area contributed by atoms with E-state index >= 15 is 0 Å². The third kappa shape index (κ3) is 7.23. The van der Waals surface area contributed by atoms with Gasteiger partial charge in [0.15, 0.2) is 23.3 Å². The molecule has 11 rings (SSSR count). The first-order chi connectivity index (χ1) is 31.0. The summed E-state index contributed by atoms with van der Waals surface area (Å²) in [5, 5.41) is 2.32. The van der Waals surface area contributed by atoms with Crippen LogP contribution < -0.4 is 0 Å². The number of hydrogen-bond acceptors (Lipinski definition) is 5. The maximum Gasteiger partial charge on any atom is 0.166 e. The van der Waals surface area contributed by atoms with Gasteiger partial charge in [0.2, 0.25) is 0 Å². The monoisotopic (exact) mass is 808 g/mol. The lowest BCUT2D eigenvalue weighted by atomic mass is 9.99. The van der Waals surface area contributed by atoms with Crippen LogP contribution in [-0.4, -0.2) is 29.5 Å². The SMILES string of the molecule is Cc1cc(C)cc(-c2ccc3c(c2)c2ccccc2n3-c2ccc(-c3nc(-c4ccccc4)cc(-c4ccccc4)n3)cc2-c2nc(-c3ccccc3)nc(-c3ccccc3)n2)c1. The van der Waals surface area contributed by atoms with Gasteiger partial charge in [0.25, 0.3) is 0 Å². The third-order valence-corrected chi connectivity index (χ3v) is 11.5. The molecule has 6 nitrogen and oxygen atoms in total. The zero-order valence-electron chi connectivity index (χ0n) is 34.8. The van der Waals surface area contributed by atoms with Gasteiger partial charge in [0, 0.05) is 44.2 Å². The van der Waals surface area contributed by atoms with Gasteiger partial charge in [-0.15, -0.1) is 0 Å². The molecule has 298 valence electrons. The van der Waals surface area contributed by atoms with Crippen LogP contribution in [0.3, 0.4) is 0 Å². The van der Waals surface area contributed by atoms with Crippen LogP contribution in [0.15, 0.2) is 206 Å². The maximum atomic E-state index is 5.29. The van der Waals surface area contributed by atoms with E-state index in [2.05, 4.69) is 128 Å². The fourth-order valence-electron chi connectivity index (χ4n) is 8.62. The highest BCUT2D eigenvalue weighted by Crippen LogP contribution is 2.40. The topological polar surface area (TPSA) is 69.4 Å². The second kappa shape index (κ2) is 15.9. The Hall–Kier alpha value is -8.35. The summed E-state index contributed by atoms with van der Waals surface area (Å²) in [6.07, 6.45) is 0. The Kier molecular flexibility index (Phi) is 9.51. The lowest BCUT2D eigenvalue weighted by Gasteiger charge is -2.16. The lowest BCUT2D eigenvalue weighted by Crippen LogP contribution is -2.04. The van der Waals surface area contributed by atoms with Crippen molar-refractivity contribution < 1.29 is 0 Å². The first kappa shape index (κ1) is 37.6. The van der Waals surface area contributed by atoms with E-state index in [1.807, 2.05) is 97.1 Å². The highest BCUT2D eigenvalue weighted by atomic mass is 15.1. The minimum absolute atomic E-state index is 0.542. The molecule has 0 unspecified atom stereocenters. The molecule has 3 aromatic heterocycles. The van der Waals surface area contributed by atoms with E-state index in [9.17, 15) is 0 Å². The van der Waals surface area contributed by atoms with Crippen LogP contribution in [-0.2, 0) is 0 Å². The normalized spacial score (nSPS) is 11.3. The molecule has 6 heteroatoms. The Labute approximate surface area is 365 Å². The van der Waals surface area contributed by atoms with Crippen molar-refractivity contribution in [1.82, 2.24) is 29.5 Å². The van der Waals surface area contributed by atoms with Crippen LogP contribution >= 0.6 is 0 Å². The molecule has 0 spiro atoms. The van der Waals surface area contributed by atoms with E-state index in [0.29, 0.717) is 23.3 Å². The summed E-state index contributed by atoms with van der Waals surface area (Å²) in [5.74, 6) is 2.32. The number of rotatable bonds is 8. The van der Waals surface area contributed by atoms with Crippen LogP contribution in [0.25, 0.3) is 107 Å². The molecule has 0 fully saturated rings. The summed E-state index contributed by atoms with van der Waals surface area (Å²) in [7, 11) is 0. The molecule has 0 radical (unpaired) electrons. The molecule has 0 saturated heterocycles. The van der Waals surface area contributed by atoms with E-state index in [0.717, 1.165) is 72.3 Å². The second-order valence-corrected chi connectivity index (χ2v) is 15.9. The Morgan fingerprint density at radius 3 is 1.37 bits per heavy atom. The van der Waals surface area contributed by atoms with Crippen molar-refractivity contribution in [2.75, 3.05) is 0 Å². The van der Waals surface area contributed by atoms with Crippen LogP contribution in [0.5, 0.6) is 0 Å². The van der Waals surface area contributed by atoms with Crippen molar-refractivity contribution in [2.45, 2.75) is 13.8 Å². The van der Waals surface area contributed by atoms with Crippen molar-refractivity contribution >= 4 is 21.8 Å². The first-order valence-corrected chi connectivity index (χ1v) is 21.2. The highest BCUT2D eigenvalue weighted by molar-refractivity contribution is 6.11. The van der Waals surface area contributed by atoms with Crippen molar-refractivity contribution in [3.8, 4) is 84.9 Å². The quantitative estimate of drug-likeness (QED) is 0.153. The van der Waals surface area contributed by atoms with Crippen molar-refractivity contribution in [3.05, 3.63) is 217 Å². The summed E-state index contributed by atoms with van der Waals surface area (Å²) < 4.78 is 2.35. The molecule has 63 heavy (non-hydrogen) atoms. The molecule has 0 bridgehead atoms. The Balaban J connectivity index is 1.19. The summed E-state index contributed by atoms with van der Waals surface area (Å²) >= 11 is 0. The predicted molar refractivity (Wildman–Crippen MR) is 257 cm³/mol. The molecule has 0 aliphatic heterocycles. The van der Waals surface area contributed by atoms with Crippen LogP contribution in [0.4, 0.5) is 0 Å². The fourth-order valence-corrected chi connectivity index (χ4v) is 8.62. The fraction of sp³-hybridized carbons (Fsp3) is 0.0351. The van der Waals surface area contributed by atoms with Crippen molar-refractivity contribution in [3.63, 3.8) is 0 Å². The van der Waals surface area contributed by atoms with E-state index in [1.54, 1.807) is 0 Å². The van der Waals surface area contributed by atoms with Gasteiger partial charge in [-0.05, 0) is 67.4 Å². The molecule has 0 aliphatic rings. The molecule has 0 N–H and O–H groups in total. The molecule has 0 aliphatic carbocycles. The van der Waals surface area contributed by atoms with E-state index in [4.69, 9.17) is 24.9 Å². The third-order valence-electron chi connectivity index (χ3n) is 11.5. The summed E-state index contributed by atoms with van der Waals surface area (Å²) in [6.45, 7) is 4.32. The molecule has 0 atom stereocenters. The van der Waals surface area contributed by atoms with Gasteiger partial charge in [-0.2, -0.15) is 0 Å². The van der Waals surface area contributed by atoms with Gasteiger partial charge in [-0.1, -0.05) is 175 Å². The van der Waals surface area contributed by atoms with Crippen LogP contribution in [0, 0.1) is 13.8 Å². The van der Waals surface area contributed by atoms with Gasteiger partial charge in [0.1, 0.15) is 0 Å². The number of para-hydroxylation sites is 1. The van der Waals surface area contributed by atoms with Crippen molar-refractivity contribution in [1.29, 1.82) is 0 Å². The molecule has 0 saturated carbocycles. The number of benzene rings is 8. The molecule has 11 aromatic rings. The number of fused-ring (bicyclic) bond motifs is 3. The lowest BCUT2D eigenvalue weighted by molar-refractivity contribution is 1.06. The molecule has 8 aromatic carbocycles. The minimum Gasteiger partial charge on any atom is -0.309 e. The zero-order chi connectivity index (χ0) is 42.3. The second-order valence-electron chi connectivity index (χ2n) is 15.9. The first-order valence-electron chi connectivity index (χ1n) is 21.2. The molecule has 3 heterocycles. The largest absolute Gasteiger partial charge is 0.309 e. The summed E-state index contributed by atoms with van der Waals surface area (Å²) in [5.41, 5.74) is 15.1. The van der Waals surface area contributed by atoms with Gasteiger partial charge in [-0.3, -0.25) is 0 Å². The van der Waals surface area contributed by atoms with Gasteiger partial charge < -0.3 is 4.57 Å². The average Bonchev–Trinajstić information content (AvgIpc) is 3.68. The Morgan fingerprint density at radius 2 is 0.778 bits per heavy atom. The average molecular weight is 809 g/mol. The standard InChI is InChI=1S/C57H40N6/c1-37-31-38(2)33-45(32-37)43-27-29-52-47(34-43)46-25-15-16-26-51(46)63(52)53-30-28-44(56-58-49(39-17-7-3-8-18-39)36-50(59-56)40-19-9-4-10-20-40)35-48(53)57-61-54(41-21-11-5-12-22-41)60-55(62-57)42-23-13-6-14-24-42/h3-36H,1-2H3. The minimum atomic E-state index is 0.542.